The van der Waals surface area contributed by atoms with Gasteiger partial charge in [0, 0.05) is 12.2 Å². The van der Waals surface area contributed by atoms with Gasteiger partial charge in [0.15, 0.2) is 0 Å². The predicted molar refractivity (Wildman–Crippen MR) is 108 cm³/mol. The van der Waals surface area contributed by atoms with E-state index in [2.05, 4.69) is 20.6 Å². The lowest BCUT2D eigenvalue weighted by Crippen LogP contribution is -2.12. The first-order chi connectivity index (χ1) is 13.6. The number of aromatic nitrogens is 2. The van der Waals surface area contributed by atoms with Crippen LogP contribution in [0.1, 0.15) is 5.56 Å². The van der Waals surface area contributed by atoms with Crippen molar-refractivity contribution in [1.82, 2.24) is 9.97 Å². The Morgan fingerprint density at radius 3 is 2.46 bits per heavy atom. The Balaban J connectivity index is 1.79. The van der Waals surface area contributed by atoms with Gasteiger partial charge in [-0.1, -0.05) is 30.3 Å². The van der Waals surface area contributed by atoms with Gasteiger partial charge in [-0.15, -0.1) is 0 Å². The fraction of sp³-hybridized carbons (Fsp3) is 0.158. The zero-order valence-corrected chi connectivity index (χ0v) is 15.3. The molecule has 0 aliphatic heterocycles. The van der Waals surface area contributed by atoms with E-state index in [9.17, 15) is 10.1 Å². The number of hydrogen-bond acceptors (Lipinski definition) is 8. The van der Waals surface area contributed by atoms with Gasteiger partial charge in [0.2, 0.25) is 17.6 Å². The molecule has 0 radical (unpaired) electrons. The second-order valence-corrected chi connectivity index (χ2v) is 5.90. The summed E-state index contributed by atoms with van der Waals surface area (Å²) in [5.74, 6) is 0.698. The van der Waals surface area contributed by atoms with E-state index in [-0.39, 0.29) is 23.3 Å². The molecule has 28 heavy (non-hydrogen) atoms. The molecule has 0 saturated carbocycles. The van der Waals surface area contributed by atoms with Gasteiger partial charge in [0.1, 0.15) is 5.75 Å². The molecule has 4 N–H and O–H groups in total. The second-order valence-electron chi connectivity index (χ2n) is 5.90. The molecular weight excluding hydrogens is 360 g/mol. The Labute approximate surface area is 161 Å². The normalized spacial score (nSPS) is 10.3. The Morgan fingerprint density at radius 2 is 1.82 bits per heavy atom. The standard InChI is InChI=1S/C19H20N6O3/c1-28-15-9-7-14(8-10-15)22-18-16(25(26)27)17(20)23-19(24-18)21-12-11-13-5-3-2-4-6-13/h2-10H,11-12H2,1H3,(H4,20,21,22,23,24). The van der Waals surface area contributed by atoms with Crippen LogP contribution in [-0.2, 0) is 6.42 Å². The molecule has 0 spiro atoms. The molecule has 9 nitrogen and oxygen atoms in total. The van der Waals surface area contributed by atoms with Crippen LogP contribution in [0.5, 0.6) is 5.75 Å². The summed E-state index contributed by atoms with van der Waals surface area (Å²) in [6, 6.07) is 16.8. The maximum atomic E-state index is 11.4. The number of methoxy groups -OCH3 is 1. The third kappa shape index (κ3) is 4.64. The van der Waals surface area contributed by atoms with Crippen LogP contribution in [0.25, 0.3) is 0 Å². The van der Waals surface area contributed by atoms with Crippen molar-refractivity contribution in [3.05, 3.63) is 70.3 Å². The lowest BCUT2D eigenvalue weighted by Gasteiger charge is -2.11. The number of hydrogen-bond donors (Lipinski definition) is 3. The van der Waals surface area contributed by atoms with E-state index in [0.717, 1.165) is 12.0 Å². The zero-order chi connectivity index (χ0) is 19.9. The van der Waals surface area contributed by atoms with Gasteiger partial charge in [0.05, 0.1) is 12.0 Å². The van der Waals surface area contributed by atoms with Crippen LogP contribution in [0.3, 0.4) is 0 Å². The molecule has 3 rings (SSSR count). The Kier molecular flexibility index (Phi) is 5.85. The smallest absolute Gasteiger partial charge is 0.353 e. The molecule has 9 heteroatoms. The van der Waals surface area contributed by atoms with Gasteiger partial charge in [-0.25, -0.2) is 0 Å². The minimum Gasteiger partial charge on any atom is -0.497 e. The van der Waals surface area contributed by atoms with Crippen molar-refractivity contribution >= 4 is 29.0 Å². The fourth-order valence-electron chi connectivity index (χ4n) is 2.59. The first-order valence-electron chi connectivity index (χ1n) is 8.57. The molecule has 0 fully saturated rings. The van der Waals surface area contributed by atoms with Crippen LogP contribution >= 0.6 is 0 Å². The molecule has 1 aromatic heterocycles. The number of benzene rings is 2. The maximum Gasteiger partial charge on any atom is 0.353 e. The molecule has 0 unspecified atom stereocenters. The van der Waals surface area contributed by atoms with E-state index >= 15 is 0 Å². The monoisotopic (exact) mass is 380 g/mol. The van der Waals surface area contributed by atoms with E-state index in [4.69, 9.17) is 10.5 Å². The van der Waals surface area contributed by atoms with Gasteiger partial charge in [-0.3, -0.25) is 10.1 Å². The summed E-state index contributed by atoms with van der Waals surface area (Å²) in [4.78, 5) is 19.1. The topological polar surface area (TPSA) is 128 Å². The van der Waals surface area contributed by atoms with Crippen molar-refractivity contribution in [1.29, 1.82) is 0 Å². The number of nitrogen functional groups attached to an aromatic ring is 1. The fourth-order valence-corrected chi connectivity index (χ4v) is 2.59. The van der Waals surface area contributed by atoms with E-state index < -0.39 is 4.92 Å². The second kappa shape index (κ2) is 8.67. The number of ether oxygens (including phenoxy) is 1. The number of anilines is 4. The Bertz CT molecular complexity index is 948. The molecule has 0 aliphatic rings. The third-order valence-corrected chi connectivity index (χ3v) is 3.99. The van der Waals surface area contributed by atoms with Gasteiger partial charge >= 0.3 is 5.69 Å². The highest BCUT2D eigenvalue weighted by atomic mass is 16.6. The Morgan fingerprint density at radius 1 is 1.11 bits per heavy atom. The average Bonchev–Trinajstić information content (AvgIpc) is 2.69. The summed E-state index contributed by atoms with van der Waals surface area (Å²) in [6.07, 6.45) is 0.752. The van der Waals surface area contributed by atoms with E-state index in [1.165, 1.54) is 0 Å². The summed E-state index contributed by atoms with van der Waals surface area (Å²) in [5.41, 5.74) is 7.20. The van der Waals surface area contributed by atoms with E-state index in [0.29, 0.717) is 18.0 Å². The molecular formula is C19H20N6O3. The first kappa shape index (κ1) is 18.9. The molecule has 1 heterocycles. The molecule has 0 saturated heterocycles. The van der Waals surface area contributed by atoms with Gasteiger partial charge < -0.3 is 21.1 Å². The highest BCUT2D eigenvalue weighted by Gasteiger charge is 2.23. The summed E-state index contributed by atoms with van der Waals surface area (Å²) in [7, 11) is 1.56. The van der Waals surface area contributed by atoms with Crippen molar-refractivity contribution in [3.63, 3.8) is 0 Å². The molecule has 0 atom stereocenters. The molecule has 0 aliphatic carbocycles. The minimum atomic E-state index is -0.602. The average molecular weight is 380 g/mol. The SMILES string of the molecule is COc1ccc(Nc2nc(NCCc3ccccc3)nc(N)c2[N+](=O)[O-])cc1. The summed E-state index contributed by atoms with van der Waals surface area (Å²) < 4.78 is 5.11. The zero-order valence-electron chi connectivity index (χ0n) is 15.3. The Hall–Kier alpha value is -3.88. The highest BCUT2D eigenvalue weighted by Crippen LogP contribution is 2.31. The van der Waals surface area contributed by atoms with Crippen LogP contribution in [0.2, 0.25) is 0 Å². The molecule has 144 valence electrons. The lowest BCUT2D eigenvalue weighted by molar-refractivity contribution is -0.383. The third-order valence-electron chi connectivity index (χ3n) is 3.99. The number of rotatable bonds is 8. The number of nitrogens with zero attached hydrogens (tertiary/aromatic N) is 3. The van der Waals surface area contributed by atoms with Crippen LogP contribution in [0.4, 0.5) is 29.0 Å². The largest absolute Gasteiger partial charge is 0.497 e. The van der Waals surface area contributed by atoms with Crippen LogP contribution in [-0.4, -0.2) is 28.5 Å². The van der Waals surface area contributed by atoms with E-state index in [1.54, 1.807) is 31.4 Å². The van der Waals surface area contributed by atoms with Crippen LogP contribution in [0, 0.1) is 10.1 Å². The van der Waals surface area contributed by atoms with Gasteiger partial charge in [0.25, 0.3) is 0 Å². The predicted octanol–water partition coefficient (Wildman–Crippen LogP) is 3.37. The lowest BCUT2D eigenvalue weighted by atomic mass is 10.1. The number of nitrogens with one attached hydrogen (secondary N) is 2. The van der Waals surface area contributed by atoms with Crippen LogP contribution in [0.15, 0.2) is 54.6 Å². The van der Waals surface area contributed by atoms with Crippen molar-refractivity contribution in [2.24, 2.45) is 0 Å². The summed E-state index contributed by atoms with van der Waals surface area (Å²) >= 11 is 0. The number of nitrogens with two attached hydrogens (primary N) is 1. The highest BCUT2D eigenvalue weighted by molar-refractivity contribution is 5.74. The quantitative estimate of drug-likeness (QED) is 0.401. The van der Waals surface area contributed by atoms with Crippen molar-refractivity contribution in [2.45, 2.75) is 6.42 Å². The summed E-state index contributed by atoms with van der Waals surface area (Å²) in [5, 5.41) is 17.4. The molecule has 3 aromatic rings. The summed E-state index contributed by atoms with van der Waals surface area (Å²) in [6.45, 7) is 0.559. The molecule has 0 amide bonds. The van der Waals surface area contributed by atoms with Gasteiger partial charge in [-0.2, -0.15) is 9.97 Å². The van der Waals surface area contributed by atoms with Gasteiger partial charge in [-0.05, 0) is 36.2 Å². The number of nitro groups is 1. The maximum absolute atomic E-state index is 11.4. The molecule has 0 bridgehead atoms. The van der Waals surface area contributed by atoms with Crippen molar-refractivity contribution in [2.75, 3.05) is 30.0 Å². The van der Waals surface area contributed by atoms with E-state index in [1.807, 2.05) is 30.3 Å². The minimum absolute atomic E-state index is 0.0184. The van der Waals surface area contributed by atoms with Crippen molar-refractivity contribution in [3.8, 4) is 5.75 Å². The van der Waals surface area contributed by atoms with Crippen LogP contribution < -0.4 is 21.1 Å². The van der Waals surface area contributed by atoms with Crippen molar-refractivity contribution < 1.29 is 9.66 Å². The first-order valence-corrected chi connectivity index (χ1v) is 8.57. The molecule has 2 aromatic carbocycles.